The van der Waals surface area contributed by atoms with Gasteiger partial charge < -0.3 is 9.64 Å². The molecule has 3 rings (SSSR count). The van der Waals surface area contributed by atoms with Gasteiger partial charge in [-0.15, -0.1) is 0 Å². The van der Waals surface area contributed by atoms with Crippen molar-refractivity contribution in [1.29, 1.82) is 0 Å². The first-order chi connectivity index (χ1) is 7.19. The summed E-state index contributed by atoms with van der Waals surface area (Å²) in [6, 6.07) is 0. The number of likely N-dealkylation sites (N-methyl/N-ethyl adjacent to an activating group) is 1. The van der Waals surface area contributed by atoms with Gasteiger partial charge in [0.1, 0.15) is 5.78 Å². The Morgan fingerprint density at radius 1 is 1.47 bits per heavy atom. The Kier molecular flexibility index (Phi) is 2.15. The van der Waals surface area contributed by atoms with Crippen molar-refractivity contribution < 1.29 is 9.53 Å². The van der Waals surface area contributed by atoms with Crippen molar-refractivity contribution in [2.24, 2.45) is 5.92 Å². The van der Waals surface area contributed by atoms with Crippen LogP contribution in [0, 0.1) is 5.92 Å². The molecule has 0 amide bonds. The third-order valence-electron chi connectivity index (χ3n) is 4.27. The van der Waals surface area contributed by atoms with E-state index in [0.717, 1.165) is 32.4 Å². The number of rotatable bonds is 0. The van der Waals surface area contributed by atoms with E-state index < -0.39 is 0 Å². The molecule has 1 aliphatic carbocycles. The van der Waals surface area contributed by atoms with Crippen molar-refractivity contribution in [3.8, 4) is 0 Å². The van der Waals surface area contributed by atoms with E-state index in [9.17, 15) is 4.79 Å². The normalized spacial score (nSPS) is 46.3. The standard InChI is InChI=1S/C12H19NO2/c1-13-6-5-12(8-13)7-10(14)9-3-2-4-11(9)15-12/h9,11H,2-8H2,1H3. The minimum absolute atomic E-state index is 0.114. The molecule has 0 aromatic heterocycles. The molecule has 84 valence electrons. The highest BCUT2D eigenvalue weighted by molar-refractivity contribution is 5.83. The molecule has 3 fully saturated rings. The van der Waals surface area contributed by atoms with Crippen LogP contribution in [-0.4, -0.2) is 42.5 Å². The summed E-state index contributed by atoms with van der Waals surface area (Å²) in [7, 11) is 2.11. The highest BCUT2D eigenvalue weighted by Crippen LogP contribution is 2.42. The lowest BCUT2D eigenvalue weighted by atomic mass is 9.84. The molecule has 1 spiro atoms. The molecule has 3 atom stereocenters. The molecule has 3 unspecified atom stereocenters. The van der Waals surface area contributed by atoms with Gasteiger partial charge in [0.15, 0.2) is 0 Å². The quantitative estimate of drug-likeness (QED) is 0.601. The Morgan fingerprint density at radius 3 is 3.07 bits per heavy atom. The van der Waals surface area contributed by atoms with E-state index in [-0.39, 0.29) is 17.6 Å². The van der Waals surface area contributed by atoms with E-state index in [1.165, 1.54) is 6.42 Å². The smallest absolute Gasteiger partial charge is 0.141 e. The second-order valence-electron chi connectivity index (χ2n) is 5.51. The van der Waals surface area contributed by atoms with E-state index in [2.05, 4.69) is 11.9 Å². The summed E-state index contributed by atoms with van der Waals surface area (Å²) < 4.78 is 6.24. The van der Waals surface area contributed by atoms with Crippen molar-refractivity contribution in [3.05, 3.63) is 0 Å². The van der Waals surface area contributed by atoms with Crippen LogP contribution in [0.5, 0.6) is 0 Å². The molecule has 0 radical (unpaired) electrons. The summed E-state index contributed by atoms with van der Waals surface area (Å²) >= 11 is 0. The largest absolute Gasteiger partial charge is 0.369 e. The third kappa shape index (κ3) is 1.53. The van der Waals surface area contributed by atoms with E-state index >= 15 is 0 Å². The summed E-state index contributed by atoms with van der Waals surface area (Å²) in [4.78, 5) is 14.3. The van der Waals surface area contributed by atoms with Crippen molar-refractivity contribution in [1.82, 2.24) is 4.90 Å². The molecular weight excluding hydrogens is 190 g/mol. The van der Waals surface area contributed by atoms with Gasteiger partial charge in [0.25, 0.3) is 0 Å². The zero-order valence-electron chi connectivity index (χ0n) is 9.37. The Hall–Kier alpha value is -0.410. The van der Waals surface area contributed by atoms with Crippen LogP contribution in [0.3, 0.4) is 0 Å². The highest BCUT2D eigenvalue weighted by atomic mass is 16.5. The maximum atomic E-state index is 12.0. The van der Waals surface area contributed by atoms with Gasteiger partial charge in [0.05, 0.1) is 11.7 Å². The van der Waals surface area contributed by atoms with Crippen molar-refractivity contribution >= 4 is 5.78 Å². The van der Waals surface area contributed by atoms with Crippen LogP contribution in [0.15, 0.2) is 0 Å². The molecule has 3 aliphatic rings. The van der Waals surface area contributed by atoms with Crippen LogP contribution >= 0.6 is 0 Å². The van der Waals surface area contributed by atoms with Gasteiger partial charge in [0, 0.05) is 25.4 Å². The number of ether oxygens (including phenoxy) is 1. The molecule has 0 bridgehead atoms. The number of ketones is 1. The lowest BCUT2D eigenvalue weighted by Crippen LogP contribution is -2.49. The first kappa shape index (κ1) is 9.79. The van der Waals surface area contributed by atoms with Crippen molar-refractivity contribution in [2.45, 2.75) is 43.8 Å². The zero-order valence-corrected chi connectivity index (χ0v) is 9.37. The Bertz CT molecular complexity index is 291. The van der Waals surface area contributed by atoms with Gasteiger partial charge in [-0.05, 0) is 26.3 Å². The van der Waals surface area contributed by atoms with Gasteiger partial charge in [-0.25, -0.2) is 0 Å². The maximum absolute atomic E-state index is 12.0. The molecule has 3 nitrogen and oxygen atoms in total. The van der Waals surface area contributed by atoms with Crippen LogP contribution in [0.1, 0.15) is 32.1 Å². The summed E-state index contributed by atoms with van der Waals surface area (Å²) in [6.07, 6.45) is 5.29. The summed E-state index contributed by atoms with van der Waals surface area (Å²) in [5, 5.41) is 0. The van der Waals surface area contributed by atoms with Gasteiger partial charge in [0.2, 0.25) is 0 Å². The van der Waals surface area contributed by atoms with Crippen molar-refractivity contribution in [3.63, 3.8) is 0 Å². The maximum Gasteiger partial charge on any atom is 0.141 e. The number of hydrogen-bond donors (Lipinski definition) is 0. The monoisotopic (exact) mass is 209 g/mol. The topological polar surface area (TPSA) is 29.5 Å². The molecule has 3 heteroatoms. The molecule has 0 N–H and O–H groups in total. The van der Waals surface area contributed by atoms with Crippen LogP contribution in [0.2, 0.25) is 0 Å². The first-order valence-corrected chi connectivity index (χ1v) is 6.08. The molecule has 1 saturated carbocycles. The summed E-state index contributed by atoms with van der Waals surface area (Å²) in [5.41, 5.74) is -0.114. The number of fused-ring (bicyclic) bond motifs is 1. The predicted molar refractivity (Wildman–Crippen MR) is 56.7 cm³/mol. The van der Waals surface area contributed by atoms with E-state index in [1.807, 2.05) is 0 Å². The molecule has 15 heavy (non-hydrogen) atoms. The van der Waals surface area contributed by atoms with Crippen LogP contribution in [0.4, 0.5) is 0 Å². The number of nitrogens with zero attached hydrogens (tertiary/aromatic N) is 1. The van der Waals surface area contributed by atoms with Crippen LogP contribution in [0.25, 0.3) is 0 Å². The summed E-state index contributed by atoms with van der Waals surface area (Å²) in [5.74, 6) is 0.709. The number of carbonyl (C=O) groups excluding carboxylic acids is 1. The second-order valence-corrected chi connectivity index (χ2v) is 5.51. The highest BCUT2D eigenvalue weighted by Gasteiger charge is 2.50. The Morgan fingerprint density at radius 2 is 2.33 bits per heavy atom. The van der Waals surface area contributed by atoms with Gasteiger partial charge in [-0.2, -0.15) is 0 Å². The van der Waals surface area contributed by atoms with Crippen LogP contribution in [-0.2, 0) is 9.53 Å². The van der Waals surface area contributed by atoms with Crippen molar-refractivity contribution in [2.75, 3.05) is 20.1 Å². The second kappa shape index (κ2) is 3.29. The Labute approximate surface area is 90.8 Å². The summed E-state index contributed by atoms with van der Waals surface area (Å²) in [6.45, 7) is 2.02. The molecular formula is C12H19NO2. The average Bonchev–Trinajstić information content (AvgIpc) is 2.74. The van der Waals surface area contributed by atoms with Gasteiger partial charge in [-0.3, -0.25) is 4.79 Å². The predicted octanol–water partition coefficient (Wildman–Crippen LogP) is 1.22. The molecule has 2 saturated heterocycles. The molecule has 2 heterocycles. The third-order valence-corrected chi connectivity index (χ3v) is 4.27. The first-order valence-electron chi connectivity index (χ1n) is 6.08. The fraction of sp³-hybridized carbons (Fsp3) is 0.917. The van der Waals surface area contributed by atoms with Gasteiger partial charge in [-0.1, -0.05) is 6.42 Å². The molecule has 0 aromatic carbocycles. The van der Waals surface area contributed by atoms with E-state index in [1.54, 1.807) is 0 Å². The fourth-order valence-corrected chi connectivity index (χ4v) is 3.53. The minimum Gasteiger partial charge on any atom is -0.369 e. The van der Waals surface area contributed by atoms with Gasteiger partial charge >= 0.3 is 0 Å². The fourth-order valence-electron chi connectivity index (χ4n) is 3.53. The Balaban J connectivity index is 1.80. The zero-order chi connectivity index (χ0) is 10.5. The van der Waals surface area contributed by atoms with E-state index in [4.69, 9.17) is 4.74 Å². The molecule has 0 aromatic rings. The number of carbonyl (C=O) groups is 1. The lowest BCUT2D eigenvalue weighted by Gasteiger charge is -2.39. The SMILES string of the molecule is CN1CCC2(CC(=O)C3CCCC3O2)C1. The minimum atomic E-state index is -0.114. The van der Waals surface area contributed by atoms with E-state index in [0.29, 0.717) is 12.2 Å². The average molecular weight is 209 g/mol. The lowest BCUT2D eigenvalue weighted by molar-refractivity contribution is -0.161. The van der Waals surface area contributed by atoms with Crippen LogP contribution < -0.4 is 0 Å². The number of likely N-dealkylation sites (tertiary alicyclic amines) is 1. The molecule has 2 aliphatic heterocycles. The number of Topliss-reactive ketones (excluding diaryl/α,β-unsaturated/α-hetero) is 1. The number of hydrogen-bond acceptors (Lipinski definition) is 3.